The fraction of sp³-hybridized carbons (Fsp3) is 0.600. The molecule has 0 bridgehead atoms. The number of sulfonamides is 1. The molecule has 0 aromatic heterocycles. The number of nitrogens with zero attached hydrogens (tertiary/aromatic N) is 2. The highest BCUT2D eigenvalue weighted by Crippen LogP contribution is 2.39. The maximum atomic E-state index is 12.1. The van der Waals surface area contributed by atoms with Crippen LogP contribution in [0.3, 0.4) is 0 Å². The lowest BCUT2D eigenvalue weighted by Crippen LogP contribution is -2.62. The highest BCUT2D eigenvalue weighted by atomic mass is 35.5. The molecule has 0 spiro atoms. The zero-order chi connectivity index (χ0) is 16.8. The molecule has 23 heavy (non-hydrogen) atoms. The molecule has 2 unspecified atom stereocenters. The lowest BCUT2D eigenvalue weighted by atomic mass is 9.87. The molecule has 1 aromatic carbocycles. The van der Waals surface area contributed by atoms with Crippen LogP contribution < -0.4 is 16.4 Å². The standard InChI is InChI=1S/C15H23ClN4O2S/c1-23(21,22)20-7-6-19(12-4-2-3-5-13(12)20)14-9-10(16)8-11(17)15(14)18/h8-9,12-13H,2-7,17-18H2,1H3. The van der Waals surface area contributed by atoms with Crippen LogP contribution in [0.4, 0.5) is 17.1 Å². The molecular weight excluding hydrogens is 336 g/mol. The second-order valence-corrected chi connectivity index (χ2v) is 8.79. The molecule has 2 atom stereocenters. The maximum absolute atomic E-state index is 12.1. The molecule has 2 aliphatic rings. The summed E-state index contributed by atoms with van der Waals surface area (Å²) in [6.45, 7) is 1.06. The highest BCUT2D eigenvalue weighted by molar-refractivity contribution is 7.88. The van der Waals surface area contributed by atoms with Crippen molar-refractivity contribution >= 4 is 38.7 Å². The van der Waals surface area contributed by atoms with Gasteiger partial charge >= 0.3 is 0 Å². The Labute approximate surface area is 142 Å². The Kier molecular flexibility index (Phi) is 4.37. The summed E-state index contributed by atoms with van der Waals surface area (Å²) in [5, 5.41) is 0.546. The normalized spacial score (nSPS) is 26.1. The van der Waals surface area contributed by atoms with Gasteiger partial charge in [-0.1, -0.05) is 24.4 Å². The van der Waals surface area contributed by atoms with Gasteiger partial charge in [0.05, 0.1) is 23.3 Å². The van der Waals surface area contributed by atoms with E-state index in [9.17, 15) is 8.42 Å². The average molecular weight is 359 g/mol. The molecule has 8 heteroatoms. The van der Waals surface area contributed by atoms with E-state index in [-0.39, 0.29) is 12.1 Å². The van der Waals surface area contributed by atoms with E-state index in [4.69, 9.17) is 23.1 Å². The van der Waals surface area contributed by atoms with Crippen LogP contribution >= 0.6 is 11.6 Å². The van der Waals surface area contributed by atoms with Crippen molar-refractivity contribution in [1.82, 2.24) is 4.31 Å². The molecule has 3 rings (SSSR count). The van der Waals surface area contributed by atoms with Gasteiger partial charge in [0.15, 0.2) is 0 Å². The number of hydrogen-bond acceptors (Lipinski definition) is 5. The van der Waals surface area contributed by atoms with E-state index in [0.717, 1.165) is 31.4 Å². The number of halogens is 1. The topological polar surface area (TPSA) is 92.7 Å². The number of hydrogen-bond donors (Lipinski definition) is 2. The van der Waals surface area contributed by atoms with Crippen molar-refractivity contribution in [3.63, 3.8) is 0 Å². The van der Waals surface area contributed by atoms with E-state index in [2.05, 4.69) is 4.90 Å². The van der Waals surface area contributed by atoms with Crippen LogP contribution in [0.2, 0.25) is 5.02 Å². The molecule has 128 valence electrons. The van der Waals surface area contributed by atoms with Crippen molar-refractivity contribution in [2.24, 2.45) is 0 Å². The molecular formula is C15H23ClN4O2S. The van der Waals surface area contributed by atoms with E-state index in [0.29, 0.717) is 29.5 Å². The van der Waals surface area contributed by atoms with E-state index in [1.54, 1.807) is 10.4 Å². The summed E-state index contributed by atoms with van der Waals surface area (Å²) in [4.78, 5) is 2.20. The van der Waals surface area contributed by atoms with Crippen molar-refractivity contribution in [3.8, 4) is 0 Å². The zero-order valence-corrected chi connectivity index (χ0v) is 14.8. The third kappa shape index (κ3) is 3.09. The number of piperazine rings is 1. The zero-order valence-electron chi connectivity index (χ0n) is 13.2. The summed E-state index contributed by atoms with van der Waals surface area (Å²) in [6.07, 6.45) is 5.26. The molecule has 4 N–H and O–H groups in total. The molecule has 1 aliphatic heterocycles. The molecule has 2 fully saturated rings. The van der Waals surface area contributed by atoms with Gasteiger partial charge in [-0.05, 0) is 25.0 Å². The summed E-state index contributed by atoms with van der Waals surface area (Å²) < 4.78 is 25.9. The van der Waals surface area contributed by atoms with E-state index in [1.165, 1.54) is 6.26 Å². The van der Waals surface area contributed by atoms with Crippen LogP contribution in [0, 0.1) is 0 Å². The predicted molar refractivity (Wildman–Crippen MR) is 95.2 cm³/mol. The summed E-state index contributed by atoms with van der Waals surface area (Å²) >= 11 is 6.15. The fourth-order valence-electron chi connectivity index (χ4n) is 3.90. The smallest absolute Gasteiger partial charge is 0.211 e. The minimum atomic E-state index is -3.20. The Bertz CT molecular complexity index is 710. The average Bonchev–Trinajstić information content (AvgIpc) is 2.49. The molecule has 0 radical (unpaired) electrons. The van der Waals surface area contributed by atoms with Gasteiger partial charge in [-0.3, -0.25) is 0 Å². The number of nitrogens with two attached hydrogens (primary N) is 2. The van der Waals surface area contributed by atoms with Crippen molar-refractivity contribution < 1.29 is 8.42 Å². The highest BCUT2D eigenvalue weighted by Gasteiger charge is 2.42. The minimum absolute atomic E-state index is 0.00731. The van der Waals surface area contributed by atoms with Gasteiger partial charge in [0.25, 0.3) is 0 Å². The van der Waals surface area contributed by atoms with E-state index in [1.807, 2.05) is 6.07 Å². The number of benzene rings is 1. The maximum Gasteiger partial charge on any atom is 0.211 e. The van der Waals surface area contributed by atoms with Crippen LogP contribution in [-0.2, 0) is 10.0 Å². The van der Waals surface area contributed by atoms with Crippen LogP contribution in [0.25, 0.3) is 0 Å². The monoisotopic (exact) mass is 358 g/mol. The van der Waals surface area contributed by atoms with Gasteiger partial charge in [-0.15, -0.1) is 0 Å². The first-order valence-corrected chi connectivity index (χ1v) is 10.1. The molecule has 6 nitrogen and oxygen atoms in total. The summed E-state index contributed by atoms with van der Waals surface area (Å²) in [5.74, 6) is 0. The van der Waals surface area contributed by atoms with Gasteiger partial charge in [0, 0.05) is 30.2 Å². The molecule has 1 saturated carbocycles. The Morgan fingerprint density at radius 3 is 2.43 bits per heavy atom. The van der Waals surface area contributed by atoms with Gasteiger partial charge in [-0.25, -0.2) is 8.42 Å². The van der Waals surface area contributed by atoms with Crippen molar-refractivity contribution in [2.75, 3.05) is 35.7 Å². The van der Waals surface area contributed by atoms with Crippen molar-refractivity contribution in [3.05, 3.63) is 17.2 Å². The largest absolute Gasteiger partial charge is 0.397 e. The third-order valence-corrected chi connectivity index (χ3v) is 6.44. The number of nitrogen functional groups attached to an aromatic ring is 2. The minimum Gasteiger partial charge on any atom is -0.397 e. The van der Waals surface area contributed by atoms with Gasteiger partial charge in [0.2, 0.25) is 10.0 Å². The van der Waals surface area contributed by atoms with Crippen molar-refractivity contribution in [2.45, 2.75) is 37.8 Å². The molecule has 1 heterocycles. The van der Waals surface area contributed by atoms with Gasteiger partial charge < -0.3 is 16.4 Å². The molecule has 1 aromatic rings. The lowest BCUT2D eigenvalue weighted by Gasteiger charge is -2.50. The number of fused-ring (bicyclic) bond motifs is 1. The Morgan fingerprint density at radius 2 is 1.78 bits per heavy atom. The second-order valence-electron chi connectivity index (χ2n) is 6.41. The first-order valence-electron chi connectivity index (χ1n) is 7.87. The predicted octanol–water partition coefficient (Wildman–Crippen LogP) is 1.90. The van der Waals surface area contributed by atoms with Crippen LogP contribution in [0.1, 0.15) is 25.7 Å². The Morgan fingerprint density at radius 1 is 1.13 bits per heavy atom. The number of anilines is 3. The summed E-state index contributed by atoms with van der Waals surface area (Å²) in [5.41, 5.74) is 13.9. The molecule has 1 saturated heterocycles. The van der Waals surface area contributed by atoms with Crippen LogP contribution in [0.15, 0.2) is 12.1 Å². The summed E-state index contributed by atoms with van der Waals surface area (Å²) in [6, 6.07) is 3.58. The SMILES string of the molecule is CS(=O)(=O)N1CCN(c2cc(Cl)cc(N)c2N)C2CCCCC21. The Hall–Kier alpha value is -1.18. The van der Waals surface area contributed by atoms with Crippen LogP contribution in [0.5, 0.6) is 0 Å². The quantitative estimate of drug-likeness (QED) is 0.787. The fourth-order valence-corrected chi connectivity index (χ4v) is 5.27. The van der Waals surface area contributed by atoms with Gasteiger partial charge in [-0.2, -0.15) is 4.31 Å². The first-order chi connectivity index (χ1) is 10.8. The van der Waals surface area contributed by atoms with Crippen molar-refractivity contribution in [1.29, 1.82) is 0 Å². The molecule has 0 amide bonds. The van der Waals surface area contributed by atoms with E-state index < -0.39 is 10.0 Å². The summed E-state index contributed by atoms with van der Waals surface area (Å²) in [7, 11) is -3.20. The number of rotatable bonds is 2. The molecule has 1 aliphatic carbocycles. The van der Waals surface area contributed by atoms with Gasteiger partial charge in [0.1, 0.15) is 0 Å². The second kappa shape index (κ2) is 6.03. The first kappa shape index (κ1) is 16.7. The van der Waals surface area contributed by atoms with Crippen LogP contribution in [-0.4, -0.2) is 44.2 Å². The Balaban J connectivity index is 1.99. The lowest BCUT2D eigenvalue weighted by molar-refractivity contribution is 0.188. The third-order valence-electron chi connectivity index (χ3n) is 4.92. The van der Waals surface area contributed by atoms with E-state index >= 15 is 0 Å².